The van der Waals surface area contributed by atoms with Crippen LogP contribution < -0.4 is 0 Å². The number of phosphoric ester groups is 2. The molecule has 0 aromatic carbocycles. The van der Waals surface area contributed by atoms with Crippen molar-refractivity contribution in [1.82, 2.24) is 0 Å². The van der Waals surface area contributed by atoms with Gasteiger partial charge in [-0.25, -0.2) is 9.13 Å². The lowest BCUT2D eigenvalue weighted by Crippen LogP contribution is -2.15. The van der Waals surface area contributed by atoms with E-state index in [9.17, 15) is 49.6 Å². The molecule has 33 heavy (non-hydrogen) atoms. The van der Waals surface area contributed by atoms with Crippen molar-refractivity contribution in [2.45, 2.75) is 0 Å². The van der Waals surface area contributed by atoms with Crippen LogP contribution in [-0.2, 0) is 50.9 Å². The van der Waals surface area contributed by atoms with Crippen molar-refractivity contribution in [3.05, 3.63) is 40.5 Å². The molecule has 23 nitrogen and oxygen atoms in total. The van der Waals surface area contributed by atoms with E-state index in [1.54, 1.807) is 0 Å². The monoisotopic (exact) mass is 534 g/mol. The second-order valence-electron chi connectivity index (χ2n) is 4.54. The topological polar surface area (TPSA) is 290 Å². The summed E-state index contributed by atoms with van der Waals surface area (Å²) in [5.74, 6) is 0. The minimum Gasteiger partial charge on any atom is -0.311 e. The van der Waals surface area contributed by atoms with Crippen LogP contribution in [0.5, 0.6) is 0 Å². The molecular formula is C8H16N4O19P2. The van der Waals surface area contributed by atoms with Crippen LogP contribution in [0, 0.1) is 40.5 Å². The standard InChI is InChI=1S/C8H16N4O19P2/c13-9(14)23-1-5-27-32(21,28-6-2-24-10(15)16)31-33(22,29-7-3-25-11(17)18)30-8-4-26-12(19)20/h1-8H2. The molecule has 0 aromatic heterocycles. The first-order valence-corrected chi connectivity index (χ1v) is 10.9. The van der Waals surface area contributed by atoms with Crippen LogP contribution in [-0.4, -0.2) is 73.2 Å². The van der Waals surface area contributed by atoms with E-state index in [2.05, 4.69) is 41.8 Å². The maximum atomic E-state index is 12.7. The molecule has 0 radical (unpaired) electrons. The molecule has 0 unspecified atom stereocenters. The molecule has 0 amide bonds. The third-order valence-electron chi connectivity index (χ3n) is 2.32. The molecule has 0 aliphatic heterocycles. The van der Waals surface area contributed by atoms with Crippen molar-refractivity contribution in [3.63, 3.8) is 0 Å². The Bertz CT molecular complexity index is 635. The van der Waals surface area contributed by atoms with Gasteiger partial charge in [0.1, 0.15) is 26.4 Å². The summed E-state index contributed by atoms with van der Waals surface area (Å²) in [5.41, 5.74) is 0. The summed E-state index contributed by atoms with van der Waals surface area (Å²) < 4.78 is 48.4. The lowest BCUT2D eigenvalue weighted by molar-refractivity contribution is -0.758. The molecule has 25 heteroatoms. The van der Waals surface area contributed by atoms with Gasteiger partial charge in [0.15, 0.2) is 0 Å². The Morgan fingerprint density at radius 2 is 0.667 bits per heavy atom. The molecule has 0 saturated heterocycles. The Hall–Kier alpha value is -2.94. The molecule has 192 valence electrons. The van der Waals surface area contributed by atoms with Crippen LogP contribution in [0.4, 0.5) is 0 Å². The second kappa shape index (κ2) is 15.8. The average molecular weight is 534 g/mol. The van der Waals surface area contributed by atoms with Gasteiger partial charge in [-0.05, 0) is 0 Å². The highest BCUT2D eigenvalue weighted by molar-refractivity contribution is 7.62. The molecule has 0 heterocycles. The number of hydrogen-bond acceptors (Lipinski definition) is 19. The predicted molar refractivity (Wildman–Crippen MR) is 91.9 cm³/mol. The van der Waals surface area contributed by atoms with E-state index >= 15 is 0 Å². The molecule has 0 aliphatic carbocycles. The number of hydrogen-bond donors (Lipinski definition) is 0. The maximum absolute atomic E-state index is 12.7. The second-order valence-corrected chi connectivity index (χ2v) is 8.01. The fraction of sp³-hybridized carbons (Fsp3) is 1.00. The van der Waals surface area contributed by atoms with Crippen LogP contribution in [0.2, 0.25) is 0 Å². The molecule has 0 rings (SSSR count). The summed E-state index contributed by atoms with van der Waals surface area (Å²) in [6.07, 6.45) is 0. The summed E-state index contributed by atoms with van der Waals surface area (Å²) in [4.78, 5) is 56.1. The molecule has 0 spiro atoms. The minimum absolute atomic E-state index is 0.825. The van der Waals surface area contributed by atoms with Gasteiger partial charge in [-0.15, -0.1) is 40.5 Å². The Balaban J connectivity index is 5.26. The highest BCUT2D eigenvalue weighted by Gasteiger charge is 2.41. The first-order valence-electron chi connectivity index (χ1n) is 7.96. The highest BCUT2D eigenvalue weighted by Crippen LogP contribution is 2.65. The van der Waals surface area contributed by atoms with Crippen molar-refractivity contribution in [3.8, 4) is 0 Å². The molecule has 0 aliphatic rings. The van der Waals surface area contributed by atoms with Crippen LogP contribution in [0.25, 0.3) is 0 Å². The van der Waals surface area contributed by atoms with Crippen LogP contribution in [0.15, 0.2) is 0 Å². The molecule has 0 atom stereocenters. The lowest BCUT2D eigenvalue weighted by Gasteiger charge is -2.23. The summed E-state index contributed by atoms with van der Waals surface area (Å²) in [5, 5.41) is 35.6. The van der Waals surface area contributed by atoms with Gasteiger partial charge < -0.3 is 19.4 Å². The Morgan fingerprint density at radius 3 is 0.848 bits per heavy atom. The van der Waals surface area contributed by atoms with E-state index in [4.69, 9.17) is 0 Å². The number of phosphoric acid groups is 2. The molecule has 0 fully saturated rings. The van der Waals surface area contributed by atoms with Gasteiger partial charge in [0.25, 0.3) is 20.3 Å². The Labute approximate surface area is 181 Å². The SMILES string of the molecule is O=[N+]([O-])OCCOP(=O)(OCCO[N+](=O)[O-])OP(=O)(OCCO[N+](=O)[O-])OCCO[N+](=O)[O-]. The van der Waals surface area contributed by atoms with Gasteiger partial charge in [-0.2, -0.15) is 4.31 Å². The molecule has 0 saturated carbocycles. The Morgan fingerprint density at radius 1 is 0.455 bits per heavy atom. The highest BCUT2D eigenvalue weighted by atomic mass is 31.3. The molecular weight excluding hydrogens is 518 g/mol. The van der Waals surface area contributed by atoms with Crippen LogP contribution in [0.3, 0.4) is 0 Å². The fourth-order valence-electron chi connectivity index (χ4n) is 1.33. The molecule has 0 N–H and O–H groups in total. The van der Waals surface area contributed by atoms with Crippen molar-refractivity contribution in [1.29, 1.82) is 0 Å². The Kier molecular flexibility index (Phi) is 14.4. The summed E-state index contributed by atoms with van der Waals surface area (Å²) >= 11 is 0. The van der Waals surface area contributed by atoms with Gasteiger partial charge in [0.05, 0.1) is 26.4 Å². The van der Waals surface area contributed by atoms with Gasteiger partial charge >= 0.3 is 15.6 Å². The van der Waals surface area contributed by atoms with E-state index in [-0.39, 0.29) is 0 Å². The van der Waals surface area contributed by atoms with Crippen molar-refractivity contribution in [2.75, 3.05) is 52.9 Å². The first kappa shape index (κ1) is 30.1. The molecule has 0 bridgehead atoms. The normalized spacial score (nSPS) is 11.4. The van der Waals surface area contributed by atoms with E-state index in [0.29, 0.717) is 0 Å². The third-order valence-corrected chi connectivity index (χ3v) is 5.91. The van der Waals surface area contributed by atoms with Gasteiger partial charge in [0, 0.05) is 0 Å². The predicted octanol–water partition coefficient (Wildman–Crippen LogP) is 0.119. The van der Waals surface area contributed by atoms with E-state index in [0.717, 1.165) is 0 Å². The van der Waals surface area contributed by atoms with Crippen molar-refractivity contribution >= 4 is 15.6 Å². The van der Waals surface area contributed by atoms with Crippen molar-refractivity contribution in [2.24, 2.45) is 0 Å². The van der Waals surface area contributed by atoms with E-state index in [1.807, 2.05) is 0 Å². The quantitative estimate of drug-likeness (QED) is 0.0770. The van der Waals surface area contributed by atoms with Gasteiger partial charge in [-0.1, -0.05) is 0 Å². The minimum atomic E-state index is -5.06. The third kappa shape index (κ3) is 17.3. The van der Waals surface area contributed by atoms with Gasteiger partial charge in [-0.3, -0.25) is 18.1 Å². The fourth-order valence-corrected chi connectivity index (χ4v) is 4.41. The zero-order valence-corrected chi connectivity index (χ0v) is 17.9. The van der Waals surface area contributed by atoms with Crippen LogP contribution in [0.1, 0.15) is 0 Å². The van der Waals surface area contributed by atoms with Gasteiger partial charge in [0.2, 0.25) is 0 Å². The lowest BCUT2D eigenvalue weighted by atomic mass is 10.8. The molecule has 0 aromatic rings. The van der Waals surface area contributed by atoms with E-state index in [1.165, 1.54) is 0 Å². The number of rotatable bonds is 22. The average Bonchev–Trinajstić information content (AvgIpc) is 2.69. The maximum Gasteiger partial charge on any atom is 0.483 e. The van der Waals surface area contributed by atoms with E-state index < -0.39 is 88.8 Å². The first-order chi connectivity index (χ1) is 15.4. The zero-order valence-electron chi connectivity index (χ0n) is 16.1. The number of nitrogens with zero attached hydrogens (tertiary/aromatic N) is 4. The smallest absolute Gasteiger partial charge is 0.311 e. The summed E-state index contributed by atoms with van der Waals surface area (Å²) in [6, 6.07) is 0. The summed E-state index contributed by atoms with van der Waals surface area (Å²) in [7, 11) is -10.1. The largest absolute Gasteiger partial charge is 0.483 e. The van der Waals surface area contributed by atoms with Crippen LogP contribution >= 0.6 is 15.6 Å². The zero-order chi connectivity index (χ0) is 25.3. The summed E-state index contributed by atoms with van der Waals surface area (Å²) in [6.45, 7) is -6.79. The van der Waals surface area contributed by atoms with Crippen molar-refractivity contribution < 1.29 is 71.2 Å².